The van der Waals surface area contributed by atoms with E-state index in [9.17, 15) is 4.39 Å². The first kappa shape index (κ1) is 24.2. The van der Waals surface area contributed by atoms with Crippen LogP contribution in [0.4, 0.5) is 8.78 Å². The topological polar surface area (TPSA) is 49.5 Å². The number of fused-ring (bicyclic) bond motifs is 3. The zero-order chi connectivity index (χ0) is 24.4. The maximum Gasteiger partial charge on any atom is 0.169 e. The lowest BCUT2D eigenvalue weighted by Crippen LogP contribution is -2.57. The quantitative estimate of drug-likeness (QED) is 0.400. The van der Waals surface area contributed by atoms with Crippen molar-refractivity contribution in [3.05, 3.63) is 65.4 Å². The summed E-state index contributed by atoms with van der Waals surface area (Å²) in [5.74, 6) is 0.787. The number of aromatic amines is 1. The summed E-state index contributed by atoms with van der Waals surface area (Å²) < 4.78 is 38.7. The van der Waals surface area contributed by atoms with Crippen LogP contribution < -0.4 is 10.1 Å². The molecule has 188 valence electrons. The third-order valence-electron chi connectivity index (χ3n) is 7.20. The van der Waals surface area contributed by atoms with Crippen molar-refractivity contribution in [2.45, 2.75) is 50.5 Å². The Morgan fingerprint density at radius 3 is 2.69 bits per heavy atom. The van der Waals surface area contributed by atoms with E-state index in [1.807, 2.05) is 25.1 Å². The maximum absolute atomic E-state index is 15.3. The molecule has 0 bridgehead atoms. The van der Waals surface area contributed by atoms with Crippen LogP contribution in [0.25, 0.3) is 10.9 Å². The van der Waals surface area contributed by atoms with Gasteiger partial charge in [0.15, 0.2) is 5.67 Å². The fourth-order valence-corrected chi connectivity index (χ4v) is 5.30. The molecule has 0 aliphatic carbocycles. The first-order valence-electron chi connectivity index (χ1n) is 12.6. The van der Waals surface area contributed by atoms with Gasteiger partial charge in [0.2, 0.25) is 0 Å². The molecule has 5 nitrogen and oxygen atoms in total. The van der Waals surface area contributed by atoms with Crippen molar-refractivity contribution in [3.63, 3.8) is 0 Å². The van der Waals surface area contributed by atoms with Gasteiger partial charge in [-0.2, -0.15) is 0 Å². The first-order chi connectivity index (χ1) is 17.0. The molecule has 0 radical (unpaired) electrons. The van der Waals surface area contributed by atoms with Crippen LogP contribution in [-0.4, -0.2) is 67.2 Å². The third-order valence-corrected chi connectivity index (χ3v) is 7.20. The molecule has 3 heterocycles. The van der Waals surface area contributed by atoms with E-state index in [-0.39, 0.29) is 38.0 Å². The van der Waals surface area contributed by atoms with Crippen LogP contribution in [0.3, 0.4) is 0 Å². The second kappa shape index (κ2) is 10.2. The number of alkyl halides is 2. The van der Waals surface area contributed by atoms with Crippen LogP contribution in [0.2, 0.25) is 0 Å². The van der Waals surface area contributed by atoms with Crippen LogP contribution in [0.15, 0.2) is 48.5 Å². The van der Waals surface area contributed by atoms with Crippen molar-refractivity contribution in [2.75, 3.05) is 39.6 Å². The number of ether oxygens (including phenoxy) is 2. The van der Waals surface area contributed by atoms with Gasteiger partial charge < -0.3 is 19.8 Å². The summed E-state index contributed by atoms with van der Waals surface area (Å²) >= 11 is 0. The van der Waals surface area contributed by atoms with E-state index >= 15 is 4.39 Å². The zero-order valence-electron chi connectivity index (χ0n) is 20.5. The molecule has 2 aliphatic rings. The number of nitrogens with one attached hydrogen (secondary N) is 2. The van der Waals surface area contributed by atoms with E-state index in [2.05, 4.69) is 52.5 Å². The summed E-state index contributed by atoms with van der Waals surface area (Å²) in [5.41, 5.74) is 3.39. The number of aromatic nitrogens is 1. The highest BCUT2D eigenvalue weighted by atomic mass is 19.1. The fraction of sp³-hybridized carbons (Fsp3) is 0.500. The van der Waals surface area contributed by atoms with Crippen molar-refractivity contribution in [1.82, 2.24) is 15.2 Å². The Labute approximate surface area is 205 Å². The Bertz CT molecular complexity index is 1130. The third kappa shape index (κ3) is 5.08. The van der Waals surface area contributed by atoms with Gasteiger partial charge >= 0.3 is 0 Å². The molecule has 3 atom stereocenters. The Balaban J connectivity index is 1.40. The summed E-state index contributed by atoms with van der Waals surface area (Å²) in [7, 11) is 0. The predicted molar refractivity (Wildman–Crippen MR) is 135 cm³/mol. The number of H-pyrrole nitrogens is 1. The summed E-state index contributed by atoms with van der Waals surface area (Å²) in [6.45, 7) is 5.72. The molecule has 2 N–H and O–H groups in total. The van der Waals surface area contributed by atoms with E-state index in [1.165, 1.54) is 10.9 Å². The smallest absolute Gasteiger partial charge is 0.169 e. The largest absolute Gasteiger partial charge is 0.492 e. The average molecular weight is 484 g/mol. The Kier molecular flexibility index (Phi) is 7.09. The van der Waals surface area contributed by atoms with Gasteiger partial charge in [-0.3, -0.25) is 9.29 Å². The average Bonchev–Trinajstić information content (AvgIpc) is 3.20. The van der Waals surface area contributed by atoms with E-state index in [1.54, 1.807) is 0 Å². The number of para-hydroxylation sites is 1. The van der Waals surface area contributed by atoms with E-state index < -0.39 is 5.67 Å². The minimum atomic E-state index is -1.30. The van der Waals surface area contributed by atoms with Crippen LogP contribution >= 0.6 is 0 Å². The summed E-state index contributed by atoms with van der Waals surface area (Å²) in [4.78, 5) is 5.94. The van der Waals surface area contributed by atoms with Crippen LogP contribution in [0.1, 0.15) is 43.1 Å². The number of hydrogen-bond donors (Lipinski definition) is 2. The second-order valence-electron chi connectivity index (χ2n) is 10.1. The highest BCUT2D eigenvalue weighted by molar-refractivity contribution is 5.85. The number of benzene rings is 2. The van der Waals surface area contributed by atoms with E-state index in [0.717, 1.165) is 28.9 Å². The molecule has 1 fully saturated rings. The highest BCUT2D eigenvalue weighted by Crippen LogP contribution is 2.42. The molecule has 2 aliphatic heterocycles. The summed E-state index contributed by atoms with van der Waals surface area (Å²) in [5, 5.41) is 4.51. The lowest BCUT2D eigenvalue weighted by atomic mass is 9.87. The normalized spacial score (nSPS) is 22.5. The van der Waals surface area contributed by atoms with Gasteiger partial charge in [-0.1, -0.05) is 30.3 Å². The van der Waals surface area contributed by atoms with E-state index in [4.69, 9.17) is 9.47 Å². The van der Waals surface area contributed by atoms with Gasteiger partial charge in [0.05, 0.1) is 25.9 Å². The van der Waals surface area contributed by atoms with Gasteiger partial charge in [0, 0.05) is 35.2 Å². The molecule has 1 aromatic heterocycles. The minimum Gasteiger partial charge on any atom is -0.492 e. The van der Waals surface area contributed by atoms with Gasteiger partial charge in [-0.05, 0) is 62.6 Å². The molecule has 0 amide bonds. The molecule has 0 unspecified atom stereocenters. The van der Waals surface area contributed by atoms with Crippen LogP contribution in [0.5, 0.6) is 5.75 Å². The van der Waals surface area contributed by atoms with Gasteiger partial charge in [-0.15, -0.1) is 0 Å². The lowest BCUT2D eigenvalue weighted by Gasteiger charge is -2.46. The monoisotopic (exact) mass is 483 g/mol. The number of nitrogens with zero attached hydrogens (tertiary/aromatic N) is 1. The molecule has 2 aromatic carbocycles. The van der Waals surface area contributed by atoms with Gasteiger partial charge in [0.1, 0.15) is 12.4 Å². The highest BCUT2D eigenvalue weighted by Gasteiger charge is 2.45. The predicted octanol–water partition coefficient (Wildman–Crippen LogP) is 4.96. The summed E-state index contributed by atoms with van der Waals surface area (Å²) in [6, 6.07) is 16.8. The standard InChI is InChI=1S/C28H35F2N3O2/c1-19(31-13-5-12-29)15-35-22-10-8-21(9-11-22)27-26-24(23-6-3-4-7-25(23)32-26)14-20(2)33(27)16-28(30)17-34-18-28/h3-4,6-11,19-20,27,31-32H,5,12-18H2,1-2H3/t19-,20+,27+/m0/s1. The van der Waals surface area contributed by atoms with E-state index in [0.29, 0.717) is 26.1 Å². The van der Waals surface area contributed by atoms with Gasteiger partial charge in [0.25, 0.3) is 0 Å². The molecular weight excluding hydrogens is 448 g/mol. The van der Waals surface area contributed by atoms with Crippen LogP contribution in [0, 0.1) is 0 Å². The van der Waals surface area contributed by atoms with Gasteiger partial charge in [-0.25, -0.2) is 4.39 Å². The fourth-order valence-electron chi connectivity index (χ4n) is 5.30. The van der Waals surface area contributed by atoms with Crippen molar-refractivity contribution in [3.8, 4) is 5.75 Å². The maximum atomic E-state index is 15.3. The molecule has 7 heteroatoms. The number of halogens is 2. The zero-order valence-corrected chi connectivity index (χ0v) is 20.5. The molecule has 0 saturated carbocycles. The number of hydrogen-bond acceptors (Lipinski definition) is 4. The molecule has 3 aromatic rings. The molecule has 1 saturated heterocycles. The Morgan fingerprint density at radius 1 is 1.20 bits per heavy atom. The first-order valence-corrected chi connectivity index (χ1v) is 12.6. The van der Waals surface area contributed by atoms with Crippen molar-refractivity contribution < 1.29 is 18.3 Å². The Morgan fingerprint density at radius 2 is 1.97 bits per heavy atom. The van der Waals surface area contributed by atoms with Crippen molar-refractivity contribution >= 4 is 10.9 Å². The number of rotatable bonds is 10. The van der Waals surface area contributed by atoms with Crippen molar-refractivity contribution in [1.29, 1.82) is 0 Å². The van der Waals surface area contributed by atoms with Crippen molar-refractivity contribution in [2.24, 2.45) is 0 Å². The van der Waals surface area contributed by atoms with Crippen LogP contribution in [-0.2, 0) is 11.2 Å². The molecule has 5 rings (SSSR count). The second-order valence-corrected chi connectivity index (χ2v) is 10.1. The molecule has 0 spiro atoms. The summed E-state index contributed by atoms with van der Waals surface area (Å²) in [6.07, 6.45) is 1.39. The lowest BCUT2D eigenvalue weighted by molar-refractivity contribution is -0.147. The Hall–Kier alpha value is -2.48. The minimum absolute atomic E-state index is 0.0790. The molecule has 35 heavy (non-hydrogen) atoms. The SMILES string of the molecule is C[C@@H]1Cc2c([nH]c3ccccc23)[C@@H](c2ccc(OC[C@H](C)NCCCF)cc2)N1CC1(F)COC1. The molecular formula is C28H35F2N3O2.